The third kappa shape index (κ3) is 7.99. The van der Waals surface area contributed by atoms with Crippen LogP contribution in [0.1, 0.15) is 11.1 Å². The molecule has 1 unspecified atom stereocenters. The minimum atomic E-state index is -4.96. The summed E-state index contributed by atoms with van der Waals surface area (Å²) in [5.41, 5.74) is -4.49. The predicted molar refractivity (Wildman–Crippen MR) is 122 cm³/mol. The number of hydrogen-bond acceptors (Lipinski definition) is 10. The monoisotopic (exact) mass is 569 g/mol. The summed E-state index contributed by atoms with van der Waals surface area (Å²) in [6, 6.07) is -0.894. The zero-order valence-corrected chi connectivity index (χ0v) is 20.4. The molecule has 12 nitrogen and oxygen atoms in total. The van der Waals surface area contributed by atoms with E-state index in [1.165, 1.54) is 12.0 Å². The van der Waals surface area contributed by atoms with Gasteiger partial charge in [-0.1, -0.05) is 0 Å². The molecule has 3 N–H and O–H groups in total. The van der Waals surface area contributed by atoms with Crippen LogP contribution >= 0.6 is 0 Å². The maximum Gasteiger partial charge on any atom is 0.423 e. The number of amides is 1. The molecule has 2 atom stereocenters. The van der Waals surface area contributed by atoms with Crippen molar-refractivity contribution >= 4 is 17.5 Å². The summed E-state index contributed by atoms with van der Waals surface area (Å²) in [6.07, 6.45) is -8.98. The first kappa shape index (κ1) is 30.0. The van der Waals surface area contributed by atoms with E-state index in [0.717, 1.165) is 6.20 Å². The van der Waals surface area contributed by atoms with Crippen molar-refractivity contribution in [3.05, 3.63) is 40.1 Å². The number of hydrogen-bond donors (Lipinski definition) is 3. The van der Waals surface area contributed by atoms with Crippen molar-refractivity contribution in [2.75, 3.05) is 63.3 Å². The van der Waals surface area contributed by atoms with E-state index >= 15 is 0 Å². The van der Waals surface area contributed by atoms with Crippen LogP contribution in [0.15, 0.2) is 23.4 Å². The van der Waals surface area contributed by atoms with Crippen molar-refractivity contribution in [3.8, 4) is 0 Å². The average Bonchev–Trinajstić information content (AvgIpc) is 2.87. The Morgan fingerprint density at radius 2 is 1.69 bits per heavy atom. The fraction of sp³-hybridized carbons (Fsp3) is 0.571. The molecule has 0 radical (unpaired) electrons. The highest BCUT2D eigenvalue weighted by atomic mass is 19.4. The molecule has 216 valence electrons. The zero-order chi connectivity index (χ0) is 28.8. The fourth-order valence-corrected chi connectivity index (χ4v) is 3.70. The third-order valence-corrected chi connectivity index (χ3v) is 5.59. The van der Waals surface area contributed by atoms with E-state index in [9.17, 15) is 41.0 Å². The van der Waals surface area contributed by atoms with E-state index in [4.69, 9.17) is 9.47 Å². The Morgan fingerprint density at radius 1 is 1.05 bits per heavy atom. The van der Waals surface area contributed by atoms with Gasteiger partial charge in [0.25, 0.3) is 11.5 Å². The summed E-state index contributed by atoms with van der Waals surface area (Å²) in [5.74, 6) is -0.600. The van der Waals surface area contributed by atoms with Crippen molar-refractivity contribution in [2.24, 2.45) is 0 Å². The van der Waals surface area contributed by atoms with Crippen molar-refractivity contribution in [1.82, 2.24) is 25.1 Å². The molecular formula is C21H25F6N7O5. The second kappa shape index (κ2) is 12.6. The topological polar surface area (TPSA) is 146 Å². The number of aromatic amines is 1. The first-order valence-corrected chi connectivity index (χ1v) is 11.4. The lowest BCUT2D eigenvalue weighted by atomic mass is 10.2. The highest BCUT2D eigenvalue weighted by Gasteiger charge is 2.38. The summed E-state index contributed by atoms with van der Waals surface area (Å²) < 4.78 is 88.2. The molecular weight excluding hydrogens is 544 g/mol. The number of aromatic nitrogens is 4. The van der Waals surface area contributed by atoms with Gasteiger partial charge in [0.2, 0.25) is 5.95 Å². The number of piperazine rings is 1. The van der Waals surface area contributed by atoms with Gasteiger partial charge in [-0.15, -0.1) is 0 Å². The van der Waals surface area contributed by atoms with Gasteiger partial charge < -0.3 is 29.7 Å². The van der Waals surface area contributed by atoms with Crippen LogP contribution in [0.4, 0.5) is 38.0 Å². The SMILES string of the molecule is COC[C@@H](COCC(O)C(=O)N1CCN(c2ncc(C(F)(F)F)cn2)CC1)Nc1cn[nH]c(=O)c1C(F)(F)F. The van der Waals surface area contributed by atoms with Crippen LogP contribution in [-0.2, 0) is 26.6 Å². The van der Waals surface area contributed by atoms with Gasteiger partial charge in [-0.25, -0.2) is 15.1 Å². The number of anilines is 2. The van der Waals surface area contributed by atoms with Gasteiger partial charge in [-0.3, -0.25) is 9.59 Å². The first-order valence-electron chi connectivity index (χ1n) is 11.4. The van der Waals surface area contributed by atoms with Crippen molar-refractivity contribution in [2.45, 2.75) is 24.5 Å². The van der Waals surface area contributed by atoms with Crippen LogP contribution in [0.25, 0.3) is 0 Å². The van der Waals surface area contributed by atoms with Gasteiger partial charge in [0.1, 0.15) is 5.56 Å². The van der Waals surface area contributed by atoms with Crippen molar-refractivity contribution in [1.29, 1.82) is 0 Å². The van der Waals surface area contributed by atoms with Crippen LogP contribution < -0.4 is 15.8 Å². The number of methoxy groups -OCH3 is 1. The Labute approximate surface area is 216 Å². The Balaban J connectivity index is 1.50. The smallest absolute Gasteiger partial charge is 0.382 e. The largest absolute Gasteiger partial charge is 0.423 e. The van der Waals surface area contributed by atoms with E-state index in [2.05, 4.69) is 20.4 Å². The van der Waals surface area contributed by atoms with Crippen LogP contribution in [-0.4, -0.2) is 101 Å². The molecule has 0 bridgehead atoms. The molecule has 3 heterocycles. The number of alkyl halides is 6. The van der Waals surface area contributed by atoms with E-state index in [1.54, 1.807) is 10.00 Å². The van der Waals surface area contributed by atoms with Gasteiger partial charge in [0, 0.05) is 45.7 Å². The number of H-pyrrole nitrogens is 1. The van der Waals surface area contributed by atoms with Crippen LogP contribution in [0.3, 0.4) is 0 Å². The van der Waals surface area contributed by atoms with E-state index in [1.807, 2.05) is 0 Å². The van der Waals surface area contributed by atoms with Gasteiger partial charge >= 0.3 is 12.4 Å². The van der Waals surface area contributed by atoms with E-state index < -0.39 is 59.4 Å². The summed E-state index contributed by atoms with van der Waals surface area (Å²) in [5, 5.41) is 17.8. The van der Waals surface area contributed by atoms with E-state index in [0.29, 0.717) is 12.4 Å². The number of aliphatic hydroxyl groups is 1. The maximum absolute atomic E-state index is 13.3. The highest BCUT2D eigenvalue weighted by molar-refractivity contribution is 5.81. The molecule has 0 aliphatic carbocycles. The number of ether oxygens (including phenoxy) is 2. The first-order chi connectivity index (χ1) is 18.3. The lowest BCUT2D eigenvalue weighted by Crippen LogP contribution is -2.52. The predicted octanol–water partition coefficient (Wildman–Crippen LogP) is 0.751. The minimum Gasteiger partial charge on any atom is -0.382 e. The summed E-state index contributed by atoms with van der Waals surface area (Å²) in [4.78, 5) is 34.6. The third-order valence-electron chi connectivity index (χ3n) is 5.59. The van der Waals surface area contributed by atoms with Crippen LogP contribution in [0.5, 0.6) is 0 Å². The molecule has 0 spiro atoms. The number of carbonyl (C=O) groups excluding carboxylic acids is 1. The average molecular weight is 569 g/mol. The molecule has 1 amide bonds. The maximum atomic E-state index is 13.3. The standard InChI is InChI=1S/C21H25F6N7O5/c1-38-9-13(31-14-8-30-32-17(36)16(14)21(25,26)27)10-39-11-15(35)18(37)33-2-4-34(5-3-33)19-28-6-12(7-29-19)20(22,23)24/h6-8,13,15,35H,2-5,9-11H2,1H3,(H2,31,32,36)/t13-,15?/m0/s1. The van der Waals surface area contributed by atoms with Gasteiger partial charge in [-0.2, -0.15) is 31.4 Å². The normalized spacial score (nSPS) is 16.2. The van der Waals surface area contributed by atoms with E-state index in [-0.39, 0.29) is 45.3 Å². The van der Waals surface area contributed by atoms with Gasteiger partial charge in [0.05, 0.1) is 43.3 Å². The molecule has 1 aliphatic rings. The number of aliphatic hydroxyl groups excluding tert-OH is 1. The highest BCUT2D eigenvalue weighted by Crippen LogP contribution is 2.31. The lowest BCUT2D eigenvalue weighted by Gasteiger charge is -2.35. The fourth-order valence-electron chi connectivity index (χ4n) is 3.70. The van der Waals surface area contributed by atoms with Crippen LogP contribution in [0.2, 0.25) is 0 Å². The summed E-state index contributed by atoms with van der Waals surface area (Å²) >= 11 is 0. The Hall–Kier alpha value is -3.51. The molecule has 2 aromatic heterocycles. The van der Waals surface area contributed by atoms with Crippen LogP contribution in [0, 0.1) is 0 Å². The Kier molecular flexibility index (Phi) is 9.68. The zero-order valence-electron chi connectivity index (χ0n) is 20.4. The van der Waals surface area contributed by atoms with Gasteiger partial charge in [0.15, 0.2) is 6.10 Å². The lowest BCUT2D eigenvalue weighted by molar-refractivity contribution is -0.144. The molecule has 1 aliphatic heterocycles. The number of carbonyl (C=O) groups is 1. The molecule has 3 rings (SSSR count). The number of halogens is 6. The Morgan fingerprint density at radius 3 is 2.26 bits per heavy atom. The second-order valence-corrected chi connectivity index (χ2v) is 8.42. The molecule has 1 saturated heterocycles. The Bertz CT molecular complexity index is 1150. The van der Waals surface area contributed by atoms with Gasteiger partial charge in [-0.05, 0) is 0 Å². The molecule has 39 heavy (non-hydrogen) atoms. The summed E-state index contributed by atoms with van der Waals surface area (Å²) in [6.45, 7) is -0.244. The quantitative estimate of drug-likeness (QED) is 0.351. The molecule has 18 heteroatoms. The number of rotatable bonds is 10. The molecule has 0 aromatic carbocycles. The van der Waals surface area contributed by atoms with Crippen molar-refractivity contribution in [3.63, 3.8) is 0 Å². The molecule has 0 saturated carbocycles. The number of nitrogens with zero attached hydrogens (tertiary/aromatic N) is 5. The molecule has 2 aromatic rings. The summed E-state index contributed by atoms with van der Waals surface area (Å²) in [7, 11) is 1.29. The second-order valence-electron chi connectivity index (χ2n) is 8.42. The van der Waals surface area contributed by atoms with Crippen molar-refractivity contribution < 1.29 is 45.7 Å². The number of nitrogens with one attached hydrogen (secondary N) is 2. The molecule has 1 fully saturated rings. The minimum absolute atomic E-state index is 0.0694.